The second kappa shape index (κ2) is 12.2. The molecular formula is C30H44N4O3. The molecule has 1 aromatic carbocycles. The minimum absolute atomic E-state index is 0.0980. The number of anilines is 1. The molecule has 1 aromatic rings. The Morgan fingerprint density at radius 2 is 1.86 bits per heavy atom. The zero-order chi connectivity index (χ0) is 26.4. The van der Waals surface area contributed by atoms with E-state index in [4.69, 9.17) is 4.99 Å². The molecule has 0 radical (unpaired) electrons. The van der Waals surface area contributed by atoms with Crippen molar-refractivity contribution in [2.75, 3.05) is 5.32 Å². The van der Waals surface area contributed by atoms with Gasteiger partial charge in [-0.15, -0.1) is 0 Å². The Bertz CT molecular complexity index is 1020. The fourth-order valence-electron chi connectivity index (χ4n) is 6.02. The van der Waals surface area contributed by atoms with Crippen LogP contribution in [0.4, 0.5) is 5.69 Å². The van der Waals surface area contributed by atoms with Gasteiger partial charge in [0.15, 0.2) is 0 Å². The van der Waals surface area contributed by atoms with Crippen LogP contribution in [0.15, 0.2) is 23.2 Å². The average molecular weight is 509 g/mol. The van der Waals surface area contributed by atoms with Crippen molar-refractivity contribution < 1.29 is 14.4 Å². The van der Waals surface area contributed by atoms with Gasteiger partial charge >= 0.3 is 0 Å². The van der Waals surface area contributed by atoms with Crippen LogP contribution in [0.2, 0.25) is 0 Å². The molecule has 0 saturated heterocycles. The predicted octanol–water partition coefficient (Wildman–Crippen LogP) is 5.27. The molecule has 3 N–H and O–H groups in total. The maximum atomic E-state index is 13.7. The van der Waals surface area contributed by atoms with Gasteiger partial charge in [-0.25, -0.2) is 0 Å². The number of aryl methyl sites for hydroxylation is 1. The molecule has 0 spiro atoms. The second-order valence-corrected chi connectivity index (χ2v) is 11.6. The van der Waals surface area contributed by atoms with Crippen molar-refractivity contribution in [2.24, 2.45) is 16.8 Å². The molecule has 0 aromatic heterocycles. The lowest BCUT2D eigenvalue weighted by molar-refractivity contribution is -0.135. The van der Waals surface area contributed by atoms with Gasteiger partial charge in [0.25, 0.3) is 5.91 Å². The number of aliphatic imine (C=N–C) groups is 1. The number of unbranched alkanes of at least 4 members (excludes halogenated alkanes) is 1. The molecule has 7 heteroatoms. The highest BCUT2D eigenvalue weighted by atomic mass is 16.2. The normalized spacial score (nSPS) is 21.2. The van der Waals surface area contributed by atoms with Crippen molar-refractivity contribution in [3.63, 3.8) is 0 Å². The molecule has 2 aliphatic carbocycles. The summed E-state index contributed by atoms with van der Waals surface area (Å²) >= 11 is 0. The summed E-state index contributed by atoms with van der Waals surface area (Å²) in [6.45, 7) is 6.33. The fourth-order valence-corrected chi connectivity index (χ4v) is 6.02. The smallest absolute Gasteiger partial charge is 0.269 e. The predicted molar refractivity (Wildman–Crippen MR) is 148 cm³/mol. The van der Waals surface area contributed by atoms with E-state index in [0.29, 0.717) is 25.2 Å². The van der Waals surface area contributed by atoms with Gasteiger partial charge in [-0.2, -0.15) is 0 Å². The molecule has 4 rings (SSSR count). The van der Waals surface area contributed by atoms with Crippen LogP contribution >= 0.6 is 0 Å². The lowest BCUT2D eigenvalue weighted by Gasteiger charge is -2.30. The van der Waals surface area contributed by atoms with E-state index in [1.165, 1.54) is 0 Å². The number of rotatable bonds is 10. The molecule has 2 fully saturated rings. The minimum Gasteiger partial charge on any atom is -0.342 e. The van der Waals surface area contributed by atoms with Gasteiger partial charge < -0.3 is 16.0 Å². The third kappa shape index (κ3) is 6.42. The Kier molecular flexibility index (Phi) is 9.04. The highest BCUT2D eigenvalue weighted by Crippen LogP contribution is 2.35. The molecule has 202 valence electrons. The van der Waals surface area contributed by atoms with Crippen LogP contribution in [-0.2, 0) is 20.8 Å². The number of benzene rings is 1. The number of carbonyl (C=O) groups excluding carboxylic acids is 3. The van der Waals surface area contributed by atoms with Crippen molar-refractivity contribution in [3.8, 4) is 0 Å². The molecule has 1 unspecified atom stereocenters. The lowest BCUT2D eigenvalue weighted by atomic mass is 9.91. The van der Waals surface area contributed by atoms with Gasteiger partial charge in [0.1, 0.15) is 5.54 Å². The van der Waals surface area contributed by atoms with E-state index in [1.54, 1.807) is 0 Å². The van der Waals surface area contributed by atoms with E-state index in [-0.39, 0.29) is 23.6 Å². The first-order chi connectivity index (χ1) is 17.8. The SMILES string of the molecule is CCCCc1cccc2c1NC(=O)C(NC(=O)C1(NC(=O)CCC(C)C)CCCC1)N=C2C1CCCC1. The van der Waals surface area contributed by atoms with E-state index < -0.39 is 11.7 Å². The quantitative estimate of drug-likeness (QED) is 0.401. The van der Waals surface area contributed by atoms with Crippen molar-refractivity contribution in [1.29, 1.82) is 0 Å². The van der Waals surface area contributed by atoms with Crippen molar-refractivity contribution in [2.45, 2.75) is 116 Å². The van der Waals surface area contributed by atoms with E-state index >= 15 is 0 Å². The molecular weight excluding hydrogens is 464 g/mol. The molecule has 3 amide bonds. The zero-order valence-corrected chi connectivity index (χ0v) is 22.8. The van der Waals surface area contributed by atoms with E-state index in [2.05, 4.69) is 54.9 Å². The van der Waals surface area contributed by atoms with E-state index in [0.717, 1.165) is 86.7 Å². The van der Waals surface area contributed by atoms with Gasteiger partial charge in [0, 0.05) is 17.9 Å². The van der Waals surface area contributed by atoms with Crippen LogP contribution in [0.25, 0.3) is 0 Å². The molecule has 1 heterocycles. The molecule has 7 nitrogen and oxygen atoms in total. The van der Waals surface area contributed by atoms with Crippen LogP contribution in [0.1, 0.15) is 109 Å². The Balaban J connectivity index is 1.60. The first-order valence-corrected chi connectivity index (χ1v) is 14.5. The van der Waals surface area contributed by atoms with Gasteiger partial charge in [-0.05, 0) is 56.4 Å². The fraction of sp³-hybridized carbons (Fsp3) is 0.667. The summed E-state index contributed by atoms with van der Waals surface area (Å²) in [7, 11) is 0. The van der Waals surface area contributed by atoms with Gasteiger partial charge in [0.05, 0.1) is 11.4 Å². The summed E-state index contributed by atoms with van der Waals surface area (Å²) in [5.41, 5.74) is 2.91. The minimum atomic E-state index is -1.01. The summed E-state index contributed by atoms with van der Waals surface area (Å²) in [5.74, 6) is -0.0100. The first-order valence-electron chi connectivity index (χ1n) is 14.5. The summed E-state index contributed by atoms with van der Waals surface area (Å²) in [6, 6.07) is 6.19. The van der Waals surface area contributed by atoms with E-state index in [9.17, 15) is 14.4 Å². The summed E-state index contributed by atoms with van der Waals surface area (Å²) in [5, 5.41) is 9.14. The highest BCUT2D eigenvalue weighted by molar-refractivity contribution is 6.14. The largest absolute Gasteiger partial charge is 0.342 e. The Hall–Kier alpha value is -2.70. The highest BCUT2D eigenvalue weighted by Gasteiger charge is 2.44. The van der Waals surface area contributed by atoms with Gasteiger partial charge in [-0.1, -0.05) is 71.1 Å². The van der Waals surface area contributed by atoms with Crippen LogP contribution in [0, 0.1) is 11.8 Å². The number of carbonyl (C=O) groups is 3. The number of benzodiazepines with no additional fused rings is 1. The summed E-state index contributed by atoms with van der Waals surface area (Å²) < 4.78 is 0. The first kappa shape index (κ1) is 27.3. The van der Waals surface area contributed by atoms with Crippen LogP contribution in [0.5, 0.6) is 0 Å². The summed E-state index contributed by atoms with van der Waals surface area (Å²) in [4.78, 5) is 44.9. The molecule has 37 heavy (non-hydrogen) atoms. The molecule has 2 saturated carbocycles. The van der Waals surface area contributed by atoms with Gasteiger partial charge in [0.2, 0.25) is 18.0 Å². The second-order valence-electron chi connectivity index (χ2n) is 11.6. The number of amides is 3. The number of para-hydroxylation sites is 1. The van der Waals surface area contributed by atoms with Crippen molar-refractivity contribution >= 4 is 29.1 Å². The molecule has 0 bridgehead atoms. The summed E-state index contributed by atoms with van der Waals surface area (Å²) in [6.07, 6.45) is 10.5. The number of hydrogen-bond acceptors (Lipinski definition) is 4. The van der Waals surface area contributed by atoms with Gasteiger partial charge in [-0.3, -0.25) is 19.4 Å². The average Bonchev–Trinajstić information content (AvgIpc) is 3.55. The Morgan fingerprint density at radius 1 is 1.14 bits per heavy atom. The third-order valence-electron chi connectivity index (χ3n) is 8.22. The number of fused-ring (bicyclic) bond motifs is 1. The number of hydrogen-bond donors (Lipinski definition) is 3. The maximum absolute atomic E-state index is 13.7. The third-order valence-corrected chi connectivity index (χ3v) is 8.22. The zero-order valence-electron chi connectivity index (χ0n) is 22.8. The topological polar surface area (TPSA) is 99.7 Å². The molecule has 1 atom stereocenters. The van der Waals surface area contributed by atoms with Crippen LogP contribution in [-0.4, -0.2) is 35.1 Å². The van der Waals surface area contributed by atoms with Crippen LogP contribution in [0.3, 0.4) is 0 Å². The van der Waals surface area contributed by atoms with Crippen molar-refractivity contribution in [3.05, 3.63) is 29.3 Å². The Morgan fingerprint density at radius 3 is 2.54 bits per heavy atom. The number of nitrogens with zero attached hydrogens (tertiary/aromatic N) is 1. The van der Waals surface area contributed by atoms with E-state index in [1.807, 2.05) is 0 Å². The van der Waals surface area contributed by atoms with Crippen LogP contribution < -0.4 is 16.0 Å². The standard InChI is InChI=1S/C30H44N4O3/c1-4-5-11-21-14-10-15-23-25(22-12-6-7-13-22)31-27(28(36)32-26(21)23)33-29(37)30(18-8-9-19-30)34-24(35)17-16-20(2)3/h10,14-15,20,22,27H,4-9,11-13,16-19H2,1-3H3,(H,32,36)(H,33,37)(H,34,35). The molecule has 1 aliphatic heterocycles. The lowest BCUT2D eigenvalue weighted by Crippen LogP contribution is -2.60. The maximum Gasteiger partial charge on any atom is 0.269 e. The van der Waals surface area contributed by atoms with Crippen molar-refractivity contribution in [1.82, 2.24) is 10.6 Å². The molecule has 3 aliphatic rings. The monoisotopic (exact) mass is 508 g/mol. The number of nitrogens with one attached hydrogen (secondary N) is 3. The Labute approximate surface area is 221 Å².